The lowest BCUT2D eigenvalue weighted by atomic mass is 10.3. The summed E-state index contributed by atoms with van der Waals surface area (Å²) < 4.78 is 13.5. The first-order valence-corrected chi connectivity index (χ1v) is 6.29. The van der Waals surface area contributed by atoms with Crippen LogP contribution in [0.15, 0.2) is 6.20 Å². The summed E-state index contributed by atoms with van der Waals surface area (Å²) in [5.41, 5.74) is 0. The molecule has 0 aliphatic rings. The molecule has 102 valence electrons. The van der Waals surface area contributed by atoms with Crippen LogP contribution in [0.3, 0.4) is 0 Å². The van der Waals surface area contributed by atoms with E-state index in [2.05, 4.69) is 39.3 Å². The summed E-state index contributed by atoms with van der Waals surface area (Å²) in [6, 6.07) is 0.124. The van der Waals surface area contributed by atoms with Gasteiger partial charge < -0.3 is 15.5 Å². The highest BCUT2D eigenvalue weighted by Crippen LogP contribution is 2.12. The van der Waals surface area contributed by atoms with Crippen LogP contribution in [0.5, 0.6) is 0 Å². The van der Waals surface area contributed by atoms with Gasteiger partial charge in [0.1, 0.15) is 0 Å². The Balaban J connectivity index is 2.65. The Morgan fingerprint density at radius 3 is 2.61 bits per heavy atom. The lowest BCUT2D eigenvalue weighted by Gasteiger charge is -2.23. The second-order valence-electron chi connectivity index (χ2n) is 4.17. The monoisotopic (exact) mass is 255 g/mol. The molecule has 1 heterocycles. The van der Waals surface area contributed by atoms with Crippen molar-refractivity contribution in [1.82, 2.24) is 14.9 Å². The number of nitrogens with zero attached hydrogens (tertiary/aromatic N) is 3. The summed E-state index contributed by atoms with van der Waals surface area (Å²) >= 11 is 0. The lowest BCUT2D eigenvalue weighted by Crippen LogP contribution is -2.35. The first kappa shape index (κ1) is 14.6. The van der Waals surface area contributed by atoms with Gasteiger partial charge in [-0.15, -0.1) is 0 Å². The maximum atomic E-state index is 13.5. The number of halogens is 1. The summed E-state index contributed by atoms with van der Waals surface area (Å²) in [5, 5.41) is 5.87. The molecular weight excluding hydrogens is 233 g/mol. The van der Waals surface area contributed by atoms with E-state index in [1.54, 1.807) is 7.05 Å². The number of nitrogens with one attached hydrogen (secondary N) is 2. The van der Waals surface area contributed by atoms with Crippen LogP contribution < -0.4 is 10.6 Å². The van der Waals surface area contributed by atoms with Gasteiger partial charge >= 0.3 is 0 Å². The van der Waals surface area contributed by atoms with Gasteiger partial charge in [-0.25, -0.2) is 9.37 Å². The summed E-state index contributed by atoms with van der Waals surface area (Å²) in [7, 11) is 1.70. The maximum absolute atomic E-state index is 13.5. The van der Waals surface area contributed by atoms with Crippen LogP contribution in [0.4, 0.5) is 16.2 Å². The first-order valence-electron chi connectivity index (χ1n) is 6.29. The van der Waals surface area contributed by atoms with Crippen molar-refractivity contribution < 1.29 is 4.39 Å². The average molecular weight is 255 g/mol. The third-order valence-electron chi connectivity index (χ3n) is 2.78. The van der Waals surface area contributed by atoms with Gasteiger partial charge in [0.2, 0.25) is 5.95 Å². The summed E-state index contributed by atoms with van der Waals surface area (Å²) in [5.74, 6) is 0.225. The fraction of sp³-hybridized carbons (Fsp3) is 0.667. The highest BCUT2D eigenvalue weighted by Gasteiger charge is 2.11. The molecule has 0 saturated heterocycles. The minimum atomic E-state index is -0.430. The van der Waals surface area contributed by atoms with Gasteiger partial charge in [0.25, 0.3) is 0 Å². The molecular formula is C12H22FN5. The van der Waals surface area contributed by atoms with E-state index in [1.807, 2.05) is 6.92 Å². The zero-order valence-electron chi connectivity index (χ0n) is 11.5. The third kappa shape index (κ3) is 4.10. The Morgan fingerprint density at radius 1 is 1.39 bits per heavy atom. The smallest absolute Gasteiger partial charge is 0.224 e. The third-order valence-corrected chi connectivity index (χ3v) is 2.78. The lowest BCUT2D eigenvalue weighted by molar-refractivity contribution is 0.294. The van der Waals surface area contributed by atoms with Crippen LogP contribution in [0.2, 0.25) is 0 Å². The molecule has 5 nitrogen and oxygen atoms in total. The first-order chi connectivity index (χ1) is 8.60. The molecule has 0 aromatic carbocycles. The van der Waals surface area contributed by atoms with E-state index in [0.717, 1.165) is 19.6 Å². The zero-order valence-corrected chi connectivity index (χ0v) is 11.5. The molecule has 0 fully saturated rings. The molecule has 1 atom stereocenters. The van der Waals surface area contributed by atoms with Crippen molar-refractivity contribution >= 4 is 11.8 Å². The van der Waals surface area contributed by atoms with E-state index in [9.17, 15) is 4.39 Å². The molecule has 0 bridgehead atoms. The van der Waals surface area contributed by atoms with Crippen molar-refractivity contribution in [3.05, 3.63) is 12.0 Å². The SMILES string of the molecule is CCN(CC)CC(C)Nc1nc(NC)ncc1F. The predicted octanol–water partition coefficient (Wildman–Crippen LogP) is 1.80. The van der Waals surface area contributed by atoms with Gasteiger partial charge in [-0.3, -0.25) is 0 Å². The number of hydrogen-bond acceptors (Lipinski definition) is 5. The van der Waals surface area contributed by atoms with Crippen molar-refractivity contribution in [3.8, 4) is 0 Å². The fourth-order valence-electron chi connectivity index (χ4n) is 1.74. The number of rotatable bonds is 7. The molecule has 0 aliphatic heterocycles. The van der Waals surface area contributed by atoms with Gasteiger partial charge in [0.15, 0.2) is 11.6 Å². The van der Waals surface area contributed by atoms with Crippen LogP contribution in [0, 0.1) is 5.82 Å². The van der Waals surface area contributed by atoms with E-state index >= 15 is 0 Å². The molecule has 0 radical (unpaired) electrons. The molecule has 2 N–H and O–H groups in total. The minimum absolute atomic E-state index is 0.124. The second kappa shape index (κ2) is 7.10. The number of hydrogen-bond donors (Lipinski definition) is 2. The average Bonchev–Trinajstić information content (AvgIpc) is 2.38. The summed E-state index contributed by atoms with van der Waals surface area (Å²) in [4.78, 5) is 10.1. The summed E-state index contributed by atoms with van der Waals surface area (Å²) in [6.07, 6.45) is 1.17. The van der Waals surface area contributed by atoms with E-state index in [1.165, 1.54) is 6.20 Å². The highest BCUT2D eigenvalue weighted by atomic mass is 19.1. The summed E-state index contributed by atoms with van der Waals surface area (Å²) in [6.45, 7) is 9.05. The number of anilines is 2. The predicted molar refractivity (Wildman–Crippen MR) is 72.4 cm³/mol. The molecule has 1 aromatic heterocycles. The fourth-order valence-corrected chi connectivity index (χ4v) is 1.74. The van der Waals surface area contributed by atoms with Gasteiger partial charge in [-0.2, -0.15) is 4.98 Å². The van der Waals surface area contributed by atoms with Crippen LogP contribution in [0.25, 0.3) is 0 Å². The Hall–Kier alpha value is -1.43. The molecule has 1 rings (SSSR count). The Bertz CT molecular complexity index is 367. The van der Waals surface area contributed by atoms with Gasteiger partial charge in [-0.1, -0.05) is 13.8 Å². The molecule has 0 spiro atoms. The van der Waals surface area contributed by atoms with Crippen LogP contribution >= 0.6 is 0 Å². The molecule has 1 aromatic rings. The molecule has 0 amide bonds. The van der Waals surface area contributed by atoms with Crippen LogP contribution in [-0.4, -0.2) is 47.6 Å². The number of aromatic nitrogens is 2. The van der Waals surface area contributed by atoms with Crippen molar-refractivity contribution in [3.63, 3.8) is 0 Å². The number of likely N-dealkylation sites (N-methyl/N-ethyl adjacent to an activating group) is 1. The van der Waals surface area contributed by atoms with E-state index in [-0.39, 0.29) is 11.9 Å². The molecule has 0 saturated carbocycles. The van der Waals surface area contributed by atoms with Gasteiger partial charge in [-0.05, 0) is 20.0 Å². The van der Waals surface area contributed by atoms with Crippen molar-refractivity contribution in [1.29, 1.82) is 0 Å². The molecule has 1 unspecified atom stereocenters. The zero-order chi connectivity index (χ0) is 13.5. The van der Waals surface area contributed by atoms with Crippen molar-refractivity contribution in [2.24, 2.45) is 0 Å². The van der Waals surface area contributed by atoms with Crippen LogP contribution in [-0.2, 0) is 0 Å². The van der Waals surface area contributed by atoms with E-state index in [4.69, 9.17) is 0 Å². The maximum Gasteiger partial charge on any atom is 0.224 e. The quantitative estimate of drug-likeness (QED) is 0.778. The van der Waals surface area contributed by atoms with Gasteiger partial charge in [0.05, 0.1) is 6.20 Å². The molecule has 0 aliphatic carbocycles. The van der Waals surface area contributed by atoms with Crippen molar-refractivity contribution in [2.75, 3.05) is 37.3 Å². The largest absolute Gasteiger partial charge is 0.364 e. The molecule has 6 heteroatoms. The highest BCUT2D eigenvalue weighted by molar-refractivity contribution is 5.41. The van der Waals surface area contributed by atoms with Gasteiger partial charge in [0, 0.05) is 19.6 Å². The standard InChI is InChI=1S/C12H22FN5/c1-5-18(6-2)8-9(3)16-11-10(13)7-15-12(14-4)17-11/h7,9H,5-6,8H2,1-4H3,(H2,14,15,16,17). The van der Waals surface area contributed by atoms with Crippen LogP contribution in [0.1, 0.15) is 20.8 Å². The van der Waals surface area contributed by atoms with E-state index < -0.39 is 5.82 Å². The molecule has 18 heavy (non-hydrogen) atoms. The Labute approximate surface area is 108 Å². The normalized spacial score (nSPS) is 12.6. The Morgan fingerprint density at radius 2 is 2.06 bits per heavy atom. The minimum Gasteiger partial charge on any atom is -0.364 e. The Kier molecular flexibility index (Phi) is 5.77. The second-order valence-corrected chi connectivity index (χ2v) is 4.17. The topological polar surface area (TPSA) is 53.1 Å². The van der Waals surface area contributed by atoms with E-state index in [0.29, 0.717) is 5.95 Å². The van der Waals surface area contributed by atoms with Crippen molar-refractivity contribution in [2.45, 2.75) is 26.8 Å².